The molecule has 1 heterocycles. The van der Waals surface area contributed by atoms with E-state index in [1.165, 1.54) is 6.42 Å². The minimum atomic E-state index is -3.27. The van der Waals surface area contributed by atoms with Crippen molar-refractivity contribution in [1.29, 1.82) is 0 Å². The van der Waals surface area contributed by atoms with E-state index in [1.54, 1.807) is 0 Å². The predicted octanol–water partition coefficient (Wildman–Crippen LogP) is 4.92. The van der Waals surface area contributed by atoms with Crippen LogP contribution < -0.4 is 15.2 Å². The van der Waals surface area contributed by atoms with Crippen molar-refractivity contribution in [2.24, 2.45) is 0 Å². The largest absolute Gasteiger partial charge is 0.494 e. The van der Waals surface area contributed by atoms with Crippen LogP contribution in [-0.2, 0) is 10.0 Å². The Kier molecular flexibility index (Phi) is 4.65. The minimum Gasteiger partial charge on any atom is -0.494 e. The van der Waals surface area contributed by atoms with E-state index in [0.29, 0.717) is 18.3 Å². The summed E-state index contributed by atoms with van der Waals surface area (Å²) in [4.78, 5) is 0. The van der Waals surface area contributed by atoms with Gasteiger partial charge in [-0.1, -0.05) is 12.1 Å². The second-order valence-electron chi connectivity index (χ2n) is 8.25. The number of hydrogen-bond acceptors (Lipinski definition) is 4. The molecule has 0 radical (unpaired) electrons. The predicted molar refractivity (Wildman–Crippen MR) is 121 cm³/mol. The molecule has 0 atom stereocenters. The van der Waals surface area contributed by atoms with Gasteiger partial charge in [0.15, 0.2) is 0 Å². The molecular formula is C23H27N3O3S. The maximum Gasteiger partial charge on any atom is 0.235 e. The summed E-state index contributed by atoms with van der Waals surface area (Å²) in [5, 5.41) is 0.785. The standard InChI is InChI=1S/C23H27N3O3S/c1-2-29-18-10-13-20-21(14-18)26(17-4-3-5-17)23(22(20)24)15-6-8-16(9-7-15)25-30(27,28)19-11-12-19/h6-10,13-14,17,19,25H,2-5,11-12,24H2,1H3. The van der Waals surface area contributed by atoms with Gasteiger partial charge in [-0.25, -0.2) is 8.42 Å². The van der Waals surface area contributed by atoms with E-state index in [1.807, 2.05) is 43.3 Å². The van der Waals surface area contributed by atoms with Crippen molar-refractivity contribution in [2.45, 2.75) is 50.3 Å². The van der Waals surface area contributed by atoms with Crippen LogP contribution in [-0.4, -0.2) is 24.8 Å². The molecular weight excluding hydrogens is 398 g/mol. The summed E-state index contributed by atoms with van der Waals surface area (Å²) < 4.78 is 35.2. The lowest BCUT2D eigenvalue weighted by atomic mass is 9.92. The summed E-state index contributed by atoms with van der Waals surface area (Å²) in [6, 6.07) is 14.0. The van der Waals surface area contributed by atoms with Crippen molar-refractivity contribution in [1.82, 2.24) is 4.57 Å². The molecule has 2 aromatic carbocycles. The number of nitrogens with one attached hydrogen (secondary N) is 1. The fourth-order valence-electron chi connectivity index (χ4n) is 4.21. The average Bonchev–Trinajstić information content (AvgIpc) is 3.50. The van der Waals surface area contributed by atoms with Gasteiger partial charge in [0.05, 0.1) is 28.8 Å². The number of aromatic nitrogens is 1. The van der Waals surface area contributed by atoms with E-state index in [9.17, 15) is 8.42 Å². The lowest BCUT2D eigenvalue weighted by Crippen LogP contribution is -2.18. The highest BCUT2D eigenvalue weighted by molar-refractivity contribution is 7.93. The number of fused-ring (bicyclic) bond motifs is 1. The molecule has 2 aliphatic carbocycles. The van der Waals surface area contributed by atoms with Crippen LogP contribution in [0.1, 0.15) is 45.1 Å². The highest BCUT2D eigenvalue weighted by Crippen LogP contribution is 2.45. The molecule has 5 rings (SSSR count). The number of sulfonamides is 1. The number of anilines is 2. The highest BCUT2D eigenvalue weighted by atomic mass is 32.2. The van der Waals surface area contributed by atoms with Crippen molar-refractivity contribution in [2.75, 3.05) is 17.1 Å². The summed E-state index contributed by atoms with van der Waals surface area (Å²) in [6.45, 7) is 2.60. The third kappa shape index (κ3) is 3.31. The molecule has 0 aliphatic heterocycles. The molecule has 3 N–H and O–H groups in total. The molecule has 6 nitrogen and oxygen atoms in total. The van der Waals surface area contributed by atoms with Crippen molar-refractivity contribution >= 4 is 32.3 Å². The van der Waals surface area contributed by atoms with Gasteiger partial charge in [-0.15, -0.1) is 0 Å². The monoisotopic (exact) mass is 425 g/mol. The number of nitrogens with zero attached hydrogens (tertiary/aromatic N) is 1. The molecule has 3 aromatic rings. The van der Waals surface area contributed by atoms with Crippen molar-refractivity contribution in [3.8, 4) is 17.0 Å². The molecule has 0 saturated heterocycles. The minimum absolute atomic E-state index is 0.242. The Bertz CT molecular complexity index is 1190. The summed E-state index contributed by atoms with van der Waals surface area (Å²) in [5.74, 6) is 0.847. The lowest BCUT2D eigenvalue weighted by Gasteiger charge is -2.30. The van der Waals surface area contributed by atoms with Gasteiger partial charge in [0.2, 0.25) is 10.0 Å². The fraction of sp³-hybridized carbons (Fsp3) is 0.391. The number of ether oxygens (including phenoxy) is 1. The summed E-state index contributed by atoms with van der Waals surface area (Å²) >= 11 is 0. The van der Waals surface area contributed by atoms with Crippen LogP contribution in [0.25, 0.3) is 22.2 Å². The molecule has 1 aromatic heterocycles. The quantitative estimate of drug-likeness (QED) is 0.563. The number of rotatable bonds is 7. The number of nitrogen functional groups attached to an aromatic ring is 1. The van der Waals surface area contributed by atoms with E-state index in [-0.39, 0.29) is 5.25 Å². The number of benzene rings is 2. The van der Waals surface area contributed by atoms with Gasteiger partial charge in [0.1, 0.15) is 5.75 Å². The molecule has 158 valence electrons. The Hall–Kier alpha value is -2.67. The molecule has 0 bridgehead atoms. The Morgan fingerprint density at radius 2 is 1.83 bits per heavy atom. The van der Waals surface area contributed by atoms with Crippen molar-refractivity contribution in [3.05, 3.63) is 42.5 Å². The van der Waals surface area contributed by atoms with Gasteiger partial charge in [-0.05, 0) is 63.3 Å². The average molecular weight is 426 g/mol. The molecule has 7 heteroatoms. The third-order valence-corrected chi connectivity index (χ3v) is 8.02. The third-order valence-electron chi connectivity index (χ3n) is 6.15. The van der Waals surface area contributed by atoms with Crippen LogP contribution in [0.5, 0.6) is 5.75 Å². The van der Waals surface area contributed by atoms with Crippen LogP contribution >= 0.6 is 0 Å². The maximum absolute atomic E-state index is 12.2. The Morgan fingerprint density at radius 1 is 1.10 bits per heavy atom. The first kappa shape index (κ1) is 19.3. The van der Waals surface area contributed by atoms with Crippen molar-refractivity contribution in [3.63, 3.8) is 0 Å². The topological polar surface area (TPSA) is 86.3 Å². The summed E-state index contributed by atoms with van der Waals surface area (Å²) in [5.41, 5.74) is 11.1. The Morgan fingerprint density at radius 3 is 2.43 bits per heavy atom. The first-order valence-corrected chi connectivity index (χ1v) is 12.2. The van der Waals surface area contributed by atoms with Crippen molar-refractivity contribution < 1.29 is 13.2 Å². The molecule has 2 fully saturated rings. The van der Waals surface area contributed by atoms with Gasteiger partial charge in [-0.3, -0.25) is 4.72 Å². The van der Waals surface area contributed by atoms with E-state index in [4.69, 9.17) is 10.5 Å². The van der Waals surface area contributed by atoms with Gasteiger partial charge in [-0.2, -0.15) is 0 Å². The number of hydrogen-bond donors (Lipinski definition) is 2. The van der Waals surface area contributed by atoms with Crippen LogP contribution in [0.4, 0.5) is 11.4 Å². The molecule has 0 amide bonds. The first-order chi connectivity index (χ1) is 14.5. The second kappa shape index (κ2) is 7.23. The zero-order valence-electron chi connectivity index (χ0n) is 17.1. The maximum atomic E-state index is 12.2. The smallest absolute Gasteiger partial charge is 0.235 e. The van der Waals surface area contributed by atoms with Gasteiger partial charge < -0.3 is 15.0 Å². The van der Waals surface area contributed by atoms with Gasteiger partial charge in [0, 0.05) is 28.7 Å². The van der Waals surface area contributed by atoms with Gasteiger partial charge >= 0.3 is 0 Å². The normalized spacial score (nSPS) is 17.1. The summed E-state index contributed by atoms with van der Waals surface area (Å²) in [7, 11) is -3.27. The molecule has 2 saturated carbocycles. The first-order valence-electron chi connectivity index (χ1n) is 10.7. The van der Waals surface area contributed by atoms with E-state index >= 15 is 0 Å². The van der Waals surface area contributed by atoms with Crippen LogP contribution in [0.3, 0.4) is 0 Å². The summed E-state index contributed by atoms with van der Waals surface area (Å²) in [6.07, 6.45) is 4.98. The molecule has 30 heavy (non-hydrogen) atoms. The molecule has 0 spiro atoms. The number of nitrogens with two attached hydrogens (primary N) is 1. The second-order valence-corrected chi connectivity index (χ2v) is 10.2. The molecule has 2 aliphatic rings. The molecule has 0 unspecified atom stereocenters. The Balaban J connectivity index is 1.56. The van der Waals surface area contributed by atoms with Crippen LogP contribution in [0, 0.1) is 0 Å². The highest BCUT2D eigenvalue weighted by Gasteiger charge is 2.35. The van der Waals surface area contributed by atoms with E-state index < -0.39 is 10.0 Å². The fourth-order valence-corrected chi connectivity index (χ4v) is 5.60. The zero-order chi connectivity index (χ0) is 20.9. The van der Waals surface area contributed by atoms with Gasteiger partial charge in [0.25, 0.3) is 0 Å². The van der Waals surface area contributed by atoms with Crippen LogP contribution in [0.15, 0.2) is 42.5 Å². The van der Waals surface area contributed by atoms with Crippen LogP contribution in [0.2, 0.25) is 0 Å². The Labute approximate surface area is 177 Å². The van der Waals surface area contributed by atoms with E-state index in [2.05, 4.69) is 15.4 Å². The zero-order valence-corrected chi connectivity index (χ0v) is 17.9. The lowest BCUT2D eigenvalue weighted by molar-refractivity contribution is 0.323. The SMILES string of the molecule is CCOc1ccc2c(N)c(-c3ccc(NS(=O)(=O)C4CC4)cc3)n(C3CCC3)c2c1. The van der Waals surface area contributed by atoms with E-state index in [0.717, 1.165) is 59.3 Å².